The van der Waals surface area contributed by atoms with Crippen molar-refractivity contribution < 1.29 is 19.1 Å². The standard InChI is InChI=1S/C24H23ClN2O4/c1-3-30-22-10-5-4-9-21(22)27-24(29)17-11-13-20(14-12-17)31-16(2)23(28)26-19-8-6-7-18(25)15-19/h4-16H,3H2,1-2H3,(H,26,28)(H,27,29). The largest absolute Gasteiger partial charge is 0.492 e. The van der Waals surface area contributed by atoms with Gasteiger partial charge in [-0.2, -0.15) is 0 Å². The zero-order valence-corrected chi connectivity index (χ0v) is 18.0. The number of halogens is 1. The highest BCUT2D eigenvalue weighted by molar-refractivity contribution is 6.30. The monoisotopic (exact) mass is 438 g/mol. The maximum atomic E-state index is 12.6. The molecule has 0 aromatic heterocycles. The number of anilines is 2. The molecule has 0 aliphatic heterocycles. The lowest BCUT2D eigenvalue weighted by atomic mass is 10.2. The summed E-state index contributed by atoms with van der Waals surface area (Å²) in [6.07, 6.45) is -0.739. The summed E-state index contributed by atoms with van der Waals surface area (Å²) in [6, 6.07) is 20.7. The van der Waals surface area contributed by atoms with Crippen molar-refractivity contribution in [2.75, 3.05) is 17.2 Å². The van der Waals surface area contributed by atoms with Gasteiger partial charge < -0.3 is 20.1 Å². The molecule has 0 bridgehead atoms. The lowest BCUT2D eigenvalue weighted by Gasteiger charge is -2.15. The van der Waals surface area contributed by atoms with Gasteiger partial charge in [-0.3, -0.25) is 9.59 Å². The molecule has 0 heterocycles. The Hall–Kier alpha value is -3.51. The van der Waals surface area contributed by atoms with E-state index in [-0.39, 0.29) is 11.8 Å². The number of carbonyl (C=O) groups excluding carboxylic acids is 2. The minimum Gasteiger partial charge on any atom is -0.492 e. The first-order chi connectivity index (χ1) is 15.0. The molecule has 3 rings (SSSR count). The highest BCUT2D eigenvalue weighted by atomic mass is 35.5. The molecule has 160 valence electrons. The Bertz CT molecular complexity index is 1050. The van der Waals surface area contributed by atoms with Crippen molar-refractivity contribution in [2.45, 2.75) is 20.0 Å². The number of carbonyl (C=O) groups is 2. The molecule has 31 heavy (non-hydrogen) atoms. The highest BCUT2D eigenvalue weighted by Crippen LogP contribution is 2.25. The van der Waals surface area contributed by atoms with Gasteiger partial charge in [-0.05, 0) is 68.4 Å². The van der Waals surface area contributed by atoms with Gasteiger partial charge in [0.25, 0.3) is 11.8 Å². The van der Waals surface area contributed by atoms with Crippen LogP contribution in [0.15, 0.2) is 72.8 Å². The van der Waals surface area contributed by atoms with Gasteiger partial charge >= 0.3 is 0 Å². The Labute approximate surface area is 186 Å². The van der Waals surface area contributed by atoms with Crippen molar-refractivity contribution in [2.24, 2.45) is 0 Å². The van der Waals surface area contributed by atoms with Gasteiger partial charge in [0.15, 0.2) is 6.10 Å². The van der Waals surface area contributed by atoms with Crippen LogP contribution in [0, 0.1) is 0 Å². The highest BCUT2D eigenvalue weighted by Gasteiger charge is 2.16. The fourth-order valence-corrected chi connectivity index (χ4v) is 2.99. The number of rotatable bonds is 8. The second kappa shape index (κ2) is 10.5. The average molecular weight is 439 g/mol. The molecule has 3 aromatic rings. The number of nitrogens with one attached hydrogen (secondary N) is 2. The van der Waals surface area contributed by atoms with E-state index in [2.05, 4.69) is 10.6 Å². The molecule has 7 heteroatoms. The molecule has 1 atom stereocenters. The van der Waals surface area contributed by atoms with E-state index >= 15 is 0 Å². The van der Waals surface area contributed by atoms with E-state index in [4.69, 9.17) is 21.1 Å². The fourth-order valence-electron chi connectivity index (χ4n) is 2.80. The van der Waals surface area contributed by atoms with Crippen molar-refractivity contribution >= 4 is 34.8 Å². The molecule has 0 saturated heterocycles. The maximum absolute atomic E-state index is 12.6. The molecule has 6 nitrogen and oxygen atoms in total. The zero-order valence-electron chi connectivity index (χ0n) is 17.2. The predicted molar refractivity (Wildman–Crippen MR) is 122 cm³/mol. The summed E-state index contributed by atoms with van der Waals surface area (Å²) in [5.41, 5.74) is 1.64. The summed E-state index contributed by atoms with van der Waals surface area (Å²) in [4.78, 5) is 24.9. The molecular weight excluding hydrogens is 416 g/mol. The molecule has 1 unspecified atom stereocenters. The molecule has 3 aromatic carbocycles. The minimum absolute atomic E-state index is 0.273. The Kier molecular flexibility index (Phi) is 7.51. The fraction of sp³-hybridized carbons (Fsp3) is 0.167. The quantitative estimate of drug-likeness (QED) is 0.494. The SMILES string of the molecule is CCOc1ccccc1NC(=O)c1ccc(OC(C)C(=O)Nc2cccc(Cl)c2)cc1. The van der Waals surface area contributed by atoms with Crippen LogP contribution in [0.5, 0.6) is 11.5 Å². The van der Waals surface area contributed by atoms with Gasteiger partial charge in [0, 0.05) is 16.3 Å². The summed E-state index contributed by atoms with van der Waals surface area (Å²) in [5.74, 6) is 0.500. The second-order valence-electron chi connectivity index (χ2n) is 6.67. The van der Waals surface area contributed by atoms with Crippen LogP contribution in [-0.4, -0.2) is 24.5 Å². The van der Waals surface area contributed by atoms with Crippen LogP contribution in [0.2, 0.25) is 5.02 Å². The van der Waals surface area contributed by atoms with E-state index in [1.807, 2.05) is 19.1 Å². The van der Waals surface area contributed by atoms with Crippen LogP contribution >= 0.6 is 11.6 Å². The first-order valence-corrected chi connectivity index (χ1v) is 10.2. The third-order valence-electron chi connectivity index (χ3n) is 4.33. The molecule has 0 fully saturated rings. The van der Waals surface area contributed by atoms with E-state index < -0.39 is 6.10 Å². The van der Waals surface area contributed by atoms with E-state index in [1.165, 1.54) is 0 Å². The molecule has 0 spiro atoms. The van der Waals surface area contributed by atoms with E-state index in [0.29, 0.717) is 40.1 Å². The number of amides is 2. The summed E-state index contributed by atoms with van der Waals surface area (Å²) in [5, 5.41) is 6.12. The number of hydrogen-bond donors (Lipinski definition) is 2. The number of benzene rings is 3. The number of ether oxygens (including phenoxy) is 2. The molecule has 2 N–H and O–H groups in total. The smallest absolute Gasteiger partial charge is 0.265 e. The van der Waals surface area contributed by atoms with Gasteiger partial charge in [-0.15, -0.1) is 0 Å². The van der Waals surface area contributed by atoms with Crippen LogP contribution in [-0.2, 0) is 4.79 Å². The lowest BCUT2D eigenvalue weighted by molar-refractivity contribution is -0.122. The molecule has 0 aliphatic carbocycles. The van der Waals surface area contributed by atoms with E-state index in [0.717, 1.165) is 0 Å². The van der Waals surface area contributed by atoms with Gasteiger partial charge in [0.2, 0.25) is 0 Å². The Morgan fingerprint density at radius 2 is 1.71 bits per heavy atom. The Balaban J connectivity index is 1.59. The van der Waals surface area contributed by atoms with Gasteiger partial charge in [-0.1, -0.05) is 29.8 Å². The second-order valence-corrected chi connectivity index (χ2v) is 7.10. The third kappa shape index (κ3) is 6.23. The Morgan fingerprint density at radius 3 is 2.42 bits per heavy atom. The van der Waals surface area contributed by atoms with Crippen molar-refractivity contribution in [3.8, 4) is 11.5 Å². The third-order valence-corrected chi connectivity index (χ3v) is 4.56. The molecule has 0 saturated carbocycles. The molecule has 2 amide bonds. The maximum Gasteiger partial charge on any atom is 0.265 e. The van der Waals surface area contributed by atoms with Crippen molar-refractivity contribution in [3.05, 3.63) is 83.4 Å². The van der Waals surface area contributed by atoms with Crippen molar-refractivity contribution in [1.29, 1.82) is 0 Å². The van der Waals surface area contributed by atoms with Crippen LogP contribution in [0.3, 0.4) is 0 Å². The zero-order chi connectivity index (χ0) is 22.2. The minimum atomic E-state index is -0.739. The predicted octanol–water partition coefficient (Wildman–Crippen LogP) is 5.40. The van der Waals surface area contributed by atoms with Crippen LogP contribution in [0.1, 0.15) is 24.2 Å². The van der Waals surface area contributed by atoms with Gasteiger partial charge in [0.1, 0.15) is 11.5 Å². The normalized spacial score (nSPS) is 11.3. The first kappa shape index (κ1) is 22.2. The van der Waals surface area contributed by atoms with Gasteiger partial charge in [0.05, 0.1) is 12.3 Å². The summed E-state index contributed by atoms with van der Waals surface area (Å²) in [7, 11) is 0. The van der Waals surface area contributed by atoms with E-state index in [9.17, 15) is 9.59 Å². The van der Waals surface area contributed by atoms with E-state index in [1.54, 1.807) is 67.6 Å². The van der Waals surface area contributed by atoms with Crippen LogP contribution in [0.4, 0.5) is 11.4 Å². The van der Waals surface area contributed by atoms with Crippen LogP contribution in [0.25, 0.3) is 0 Å². The topological polar surface area (TPSA) is 76.7 Å². The number of hydrogen-bond acceptors (Lipinski definition) is 4. The average Bonchev–Trinajstić information content (AvgIpc) is 2.75. The summed E-state index contributed by atoms with van der Waals surface area (Å²) >= 11 is 5.93. The molecule has 0 radical (unpaired) electrons. The van der Waals surface area contributed by atoms with Crippen molar-refractivity contribution in [1.82, 2.24) is 0 Å². The van der Waals surface area contributed by atoms with Gasteiger partial charge in [-0.25, -0.2) is 0 Å². The first-order valence-electron chi connectivity index (χ1n) is 9.82. The van der Waals surface area contributed by atoms with Crippen molar-refractivity contribution in [3.63, 3.8) is 0 Å². The molecular formula is C24H23ClN2O4. The number of para-hydroxylation sites is 2. The summed E-state index contributed by atoms with van der Waals surface area (Å²) in [6.45, 7) is 4.03. The summed E-state index contributed by atoms with van der Waals surface area (Å²) < 4.78 is 11.2. The van der Waals surface area contributed by atoms with Crippen LogP contribution < -0.4 is 20.1 Å². The Morgan fingerprint density at radius 1 is 0.968 bits per heavy atom. The molecule has 0 aliphatic rings. The lowest BCUT2D eigenvalue weighted by Crippen LogP contribution is -2.30.